The molecular weight excluding hydrogens is 457 g/mol. The maximum absolute atomic E-state index is 9.73. The Morgan fingerprint density at radius 2 is 0.667 bits per heavy atom. The molecule has 168 valence electrons. The van der Waals surface area contributed by atoms with Gasteiger partial charge in [-0.1, -0.05) is 62.4 Å². The molecule has 30 heavy (non-hydrogen) atoms. The summed E-state index contributed by atoms with van der Waals surface area (Å²) in [7, 11) is -13.1. The number of hydrogen-bond donors (Lipinski definition) is 8. The number of rotatable bonds is 6. The highest BCUT2D eigenvalue weighted by Gasteiger charge is 2.33. The van der Waals surface area contributed by atoms with Crippen LogP contribution in [0.2, 0.25) is 25.2 Å². The van der Waals surface area contributed by atoms with Crippen molar-refractivity contribution in [3.05, 3.63) is 48.5 Å². The summed E-state index contributed by atoms with van der Waals surface area (Å²) in [5, 5.41) is 1.92. The lowest BCUT2D eigenvalue weighted by molar-refractivity contribution is 0.380. The van der Waals surface area contributed by atoms with Crippen molar-refractivity contribution < 1.29 is 38.4 Å². The van der Waals surface area contributed by atoms with Gasteiger partial charge in [-0.05, 0) is 45.9 Å². The van der Waals surface area contributed by atoms with Crippen LogP contribution in [0.3, 0.4) is 0 Å². The fourth-order valence-electron chi connectivity index (χ4n) is 2.51. The Bertz CT molecular complexity index is 729. The van der Waals surface area contributed by atoms with Crippen LogP contribution in [0, 0.1) is 0 Å². The maximum atomic E-state index is 9.73. The zero-order valence-corrected chi connectivity index (χ0v) is 21.6. The van der Waals surface area contributed by atoms with Crippen molar-refractivity contribution in [3.8, 4) is 0 Å². The summed E-state index contributed by atoms with van der Waals surface area (Å²) in [6.45, 7) is 6.22. The molecule has 2 aromatic rings. The minimum atomic E-state index is -3.29. The van der Waals surface area contributed by atoms with Gasteiger partial charge in [0.25, 0.3) is 0 Å². The monoisotopic (exact) mass is 488 g/mol. The molecule has 0 aliphatic heterocycles. The highest BCUT2D eigenvalue weighted by molar-refractivity contribution is 6.80. The quantitative estimate of drug-likeness (QED) is 0.202. The van der Waals surface area contributed by atoms with Crippen LogP contribution in [0.1, 0.15) is 13.8 Å². The largest absolute Gasteiger partial charge is 0.408 e. The molecule has 8 N–H and O–H groups in total. The van der Waals surface area contributed by atoms with E-state index < -0.39 is 34.2 Å². The molecule has 0 bridgehead atoms. The summed E-state index contributed by atoms with van der Waals surface area (Å²) in [6, 6.07) is 13.1. The van der Waals surface area contributed by atoms with Crippen LogP contribution in [-0.2, 0) is 0 Å². The third kappa shape index (κ3) is 7.59. The lowest BCUT2D eigenvalue weighted by Crippen LogP contribution is -2.51. The van der Waals surface area contributed by atoms with Gasteiger partial charge in [-0.15, -0.1) is 0 Å². The zero-order valence-electron chi connectivity index (χ0n) is 17.6. The molecule has 0 saturated carbocycles. The van der Waals surface area contributed by atoms with Crippen molar-refractivity contribution in [2.24, 2.45) is 0 Å². The third-order valence-corrected chi connectivity index (χ3v) is 12.1. The van der Waals surface area contributed by atoms with E-state index in [4.69, 9.17) is 0 Å². The molecule has 8 nitrogen and oxygen atoms in total. The first-order valence-corrected chi connectivity index (χ1v) is 18.5. The van der Waals surface area contributed by atoms with Gasteiger partial charge in [-0.3, -0.25) is 0 Å². The molecule has 0 radical (unpaired) electrons. The van der Waals surface area contributed by atoms with Gasteiger partial charge in [0.05, 0.1) is 0 Å². The second-order valence-corrected chi connectivity index (χ2v) is 18.6. The highest BCUT2D eigenvalue weighted by atomic mass is 28.4. The van der Waals surface area contributed by atoms with E-state index in [-0.39, 0.29) is 0 Å². The van der Waals surface area contributed by atoms with Crippen LogP contribution >= 0.6 is 0 Å². The molecular formula is C18H32O8Si4. The van der Waals surface area contributed by atoms with Gasteiger partial charge in [0.15, 0.2) is 0 Å². The van der Waals surface area contributed by atoms with E-state index in [1.54, 1.807) is 38.1 Å². The first-order valence-electron chi connectivity index (χ1n) is 9.55. The molecule has 0 aliphatic rings. The predicted octanol–water partition coefficient (Wildman–Crippen LogP) is -2.79. The smallest absolute Gasteiger partial charge is 0.366 e. The van der Waals surface area contributed by atoms with E-state index in [1.165, 1.54) is 37.4 Å². The van der Waals surface area contributed by atoms with Crippen molar-refractivity contribution >= 4 is 55.0 Å². The van der Waals surface area contributed by atoms with Crippen molar-refractivity contribution in [2.75, 3.05) is 0 Å². The summed E-state index contributed by atoms with van der Waals surface area (Å²) in [6.07, 6.45) is 0. The van der Waals surface area contributed by atoms with E-state index in [0.717, 1.165) is 0 Å². The van der Waals surface area contributed by atoms with Crippen molar-refractivity contribution in [3.63, 3.8) is 0 Å². The van der Waals surface area contributed by atoms with Gasteiger partial charge in [0.1, 0.15) is 0 Å². The van der Waals surface area contributed by atoms with E-state index in [2.05, 4.69) is 0 Å². The van der Waals surface area contributed by atoms with E-state index in [1.807, 2.05) is 0 Å². The molecule has 2 rings (SSSR count). The van der Waals surface area contributed by atoms with Crippen LogP contribution in [0.5, 0.6) is 0 Å². The first-order chi connectivity index (χ1) is 13.5. The van der Waals surface area contributed by atoms with E-state index in [0.29, 0.717) is 32.8 Å². The Hall–Kier alpha value is -1.01. The molecule has 0 unspecified atom stereocenters. The number of hydrogen-bond acceptors (Lipinski definition) is 8. The average molecular weight is 489 g/mol. The second-order valence-electron chi connectivity index (χ2n) is 7.54. The van der Waals surface area contributed by atoms with Gasteiger partial charge in [-0.2, -0.15) is 0 Å². The van der Waals surface area contributed by atoms with Gasteiger partial charge in [-0.25, -0.2) is 0 Å². The van der Waals surface area contributed by atoms with Gasteiger partial charge < -0.3 is 38.4 Å². The predicted molar refractivity (Wildman–Crippen MR) is 125 cm³/mol. The fourth-order valence-corrected chi connectivity index (χ4v) is 6.33. The van der Waals surface area contributed by atoms with Gasteiger partial charge in [0.2, 0.25) is 0 Å². The van der Waals surface area contributed by atoms with Gasteiger partial charge >= 0.3 is 34.2 Å². The average Bonchev–Trinajstić information content (AvgIpc) is 2.67. The van der Waals surface area contributed by atoms with Crippen LogP contribution < -0.4 is 20.7 Å². The zero-order chi connectivity index (χ0) is 23.4. The van der Waals surface area contributed by atoms with Crippen LogP contribution in [-0.4, -0.2) is 72.6 Å². The Morgan fingerprint density at radius 1 is 0.467 bits per heavy atom. The molecule has 12 heteroatoms. The molecule has 2 aromatic carbocycles. The third-order valence-electron chi connectivity index (χ3n) is 4.77. The molecule has 0 saturated heterocycles. The Morgan fingerprint density at radius 3 is 0.833 bits per heavy atom. The van der Waals surface area contributed by atoms with Crippen LogP contribution in [0.4, 0.5) is 0 Å². The maximum Gasteiger partial charge on any atom is 0.366 e. The summed E-state index contributed by atoms with van der Waals surface area (Å²) >= 11 is 0. The molecule has 0 aliphatic carbocycles. The normalized spacial score (nSPS) is 12.9. The van der Waals surface area contributed by atoms with Crippen molar-refractivity contribution in [2.45, 2.75) is 39.0 Å². The fraction of sp³-hybridized carbons (Fsp3) is 0.333. The van der Waals surface area contributed by atoms with E-state index >= 15 is 0 Å². The minimum Gasteiger partial charge on any atom is -0.408 e. The molecule has 0 heterocycles. The second kappa shape index (κ2) is 10.1. The SMILES string of the molecule is CC[Si](O)(O)c1ccc([Si](O)(O)CC)cc1.C[Si](O)(O)c1ccc([Si](C)(O)O)cc1. The first kappa shape index (κ1) is 27.0. The summed E-state index contributed by atoms with van der Waals surface area (Å²) in [5.74, 6) is 0. The van der Waals surface area contributed by atoms with Crippen molar-refractivity contribution in [1.29, 1.82) is 0 Å². The Kier molecular flexibility index (Phi) is 9.07. The lowest BCUT2D eigenvalue weighted by Gasteiger charge is -2.19. The lowest BCUT2D eigenvalue weighted by atomic mass is 10.4. The summed E-state index contributed by atoms with van der Waals surface area (Å²) in [4.78, 5) is 76.4. The topological polar surface area (TPSA) is 162 Å². The van der Waals surface area contributed by atoms with Crippen LogP contribution in [0.25, 0.3) is 0 Å². The summed E-state index contributed by atoms with van der Waals surface area (Å²) in [5.41, 5.74) is 0. The van der Waals surface area contributed by atoms with Crippen LogP contribution in [0.15, 0.2) is 48.5 Å². The highest BCUT2D eigenvalue weighted by Crippen LogP contribution is 2.04. The molecule has 0 aromatic heterocycles. The van der Waals surface area contributed by atoms with E-state index in [9.17, 15) is 38.4 Å². The molecule has 0 amide bonds. The van der Waals surface area contributed by atoms with Gasteiger partial charge in [0, 0.05) is 0 Å². The standard InChI is InChI=1S/C10H18O4Si2.C8H14O4Si2/c1-3-15(11,12)9-5-7-10(8-6-9)16(13,14)4-2;1-13(9,10)7-3-5-8(6-4-7)14(2,11)12/h5-8,11-14H,3-4H2,1-2H3;3-6,9-12H,1-2H3. The Balaban J connectivity index is 0.000000303. The van der Waals surface area contributed by atoms with Crippen molar-refractivity contribution in [1.82, 2.24) is 0 Å². The molecule has 0 spiro atoms. The summed E-state index contributed by atoms with van der Waals surface area (Å²) < 4.78 is 0. The molecule has 0 fully saturated rings. The minimum absolute atomic E-state index is 0.320. The Labute approximate surface area is 181 Å². The molecule has 0 atom stereocenters. The number of benzene rings is 2.